The summed E-state index contributed by atoms with van der Waals surface area (Å²) in [6, 6.07) is 6.38. The van der Waals surface area contributed by atoms with Crippen LogP contribution >= 0.6 is 0 Å². The molecular weight excluding hydrogens is 266 g/mol. The van der Waals surface area contributed by atoms with Crippen LogP contribution in [0.15, 0.2) is 18.2 Å². The number of benzene rings is 1. The monoisotopic (exact) mass is 293 g/mol. The molecule has 0 bridgehead atoms. The third-order valence-electron chi connectivity index (χ3n) is 3.95. The minimum Gasteiger partial charge on any atom is -0.490 e. The lowest BCUT2D eigenvalue weighted by Gasteiger charge is -2.26. The highest BCUT2D eigenvalue weighted by Gasteiger charge is 2.19. The fraction of sp³-hybridized carbons (Fsp3) is 0.647. The van der Waals surface area contributed by atoms with Crippen LogP contribution in [0.4, 0.5) is 0 Å². The summed E-state index contributed by atoms with van der Waals surface area (Å²) in [6.45, 7) is 9.00. The molecule has 1 aromatic carbocycles. The average Bonchev–Trinajstić information content (AvgIpc) is 2.69. The Morgan fingerprint density at radius 3 is 2.67 bits per heavy atom. The van der Waals surface area contributed by atoms with Gasteiger partial charge in [0.2, 0.25) is 0 Å². The number of hydrogen-bond donors (Lipinski definition) is 2. The molecular formula is C17H27NO3. The lowest BCUT2D eigenvalue weighted by molar-refractivity contribution is 0.203. The summed E-state index contributed by atoms with van der Waals surface area (Å²) < 4.78 is 11.4. The van der Waals surface area contributed by atoms with Gasteiger partial charge in [-0.05, 0) is 36.5 Å². The summed E-state index contributed by atoms with van der Waals surface area (Å²) in [6.07, 6.45) is 1.72. The number of ether oxygens (including phenoxy) is 2. The van der Waals surface area contributed by atoms with E-state index in [0.29, 0.717) is 6.61 Å². The Morgan fingerprint density at radius 2 is 1.95 bits per heavy atom. The van der Waals surface area contributed by atoms with Crippen molar-refractivity contribution >= 4 is 0 Å². The first-order valence-electron chi connectivity index (χ1n) is 7.76. The molecule has 4 heteroatoms. The Bertz CT molecular complexity index is 459. The van der Waals surface area contributed by atoms with E-state index < -0.39 is 0 Å². The number of aliphatic hydroxyl groups is 1. The van der Waals surface area contributed by atoms with E-state index in [1.54, 1.807) is 0 Å². The molecule has 1 atom stereocenters. The fourth-order valence-electron chi connectivity index (χ4n) is 2.39. The van der Waals surface area contributed by atoms with E-state index in [9.17, 15) is 0 Å². The first kappa shape index (κ1) is 16.1. The van der Waals surface area contributed by atoms with Gasteiger partial charge in [-0.3, -0.25) is 0 Å². The van der Waals surface area contributed by atoms with E-state index in [0.717, 1.165) is 37.5 Å². The zero-order valence-corrected chi connectivity index (χ0v) is 13.3. The smallest absolute Gasteiger partial charge is 0.161 e. The highest BCUT2D eigenvalue weighted by atomic mass is 16.5. The predicted octanol–water partition coefficient (Wildman–Crippen LogP) is 2.91. The van der Waals surface area contributed by atoms with Crippen LogP contribution in [0.2, 0.25) is 0 Å². The van der Waals surface area contributed by atoms with Crippen LogP contribution < -0.4 is 14.8 Å². The van der Waals surface area contributed by atoms with Crippen molar-refractivity contribution in [1.82, 2.24) is 5.32 Å². The maximum Gasteiger partial charge on any atom is 0.161 e. The standard InChI is InChI=1S/C17H27NO3/c1-13(18-12-17(2,3)7-8-19)14-5-6-15-16(11-14)21-10-4-9-20-15/h5-6,11,13,18-19H,4,7-10,12H2,1-3H3. The van der Waals surface area contributed by atoms with Crippen LogP contribution in [0.25, 0.3) is 0 Å². The normalized spacial score (nSPS) is 16.4. The van der Waals surface area contributed by atoms with Crippen LogP contribution in [0.1, 0.15) is 45.2 Å². The largest absolute Gasteiger partial charge is 0.490 e. The zero-order chi connectivity index (χ0) is 15.3. The summed E-state index contributed by atoms with van der Waals surface area (Å²) in [5.74, 6) is 1.68. The van der Waals surface area contributed by atoms with Crippen LogP contribution in [-0.4, -0.2) is 31.5 Å². The van der Waals surface area contributed by atoms with Gasteiger partial charge in [0.15, 0.2) is 11.5 Å². The van der Waals surface area contributed by atoms with E-state index in [-0.39, 0.29) is 18.1 Å². The van der Waals surface area contributed by atoms with Crippen molar-refractivity contribution < 1.29 is 14.6 Å². The quantitative estimate of drug-likeness (QED) is 0.847. The summed E-state index contributed by atoms with van der Waals surface area (Å²) in [5, 5.41) is 12.6. The molecule has 0 saturated carbocycles. The zero-order valence-electron chi connectivity index (χ0n) is 13.3. The molecule has 0 aromatic heterocycles. The molecule has 1 aromatic rings. The molecule has 2 N–H and O–H groups in total. The van der Waals surface area contributed by atoms with Crippen LogP contribution in [0.3, 0.4) is 0 Å². The van der Waals surface area contributed by atoms with Gasteiger partial charge in [0.25, 0.3) is 0 Å². The number of fused-ring (bicyclic) bond motifs is 1. The van der Waals surface area contributed by atoms with Gasteiger partial charge in [0, 0.05) is 25.6 Å². The maximum absolute atomic E-state index is 9.08. The number of nitrogens with one attached hydrogen (secondary N) is 1. The molecule has 0 spiro atoms. The number of rotatable bonds is 6. The molecule has 4 nitrogen and oxygen atoms in total. The molecule has 2 rings (SSSR count). The summed E-state index contributed by atoms with van der Waals surface area (Å²) in [5.41, 5.74) is 1.29. The predicted molar refractivity (Wildman–Crippen MR) is 84.0 cm³/mol. The Hall–Kier alpha value is -1.26. The van der Waals surface area contributed by atoms with E-state index >= 15 is 0 Å². The third-order valence-corrected chi connectivity index (χ3v) is 3.95. The van der Waals surface area contributed by atoms with E-state index in [1.165, 1.54) is 5.56 Å². The second-order valence-corrected chi connectivity index (χ2v) is 6.50. The second-order valence-electron chi connectivity index (χ2n) is 6.50. The molecule has 118 valence electrons. The van der Waals surface area contributed by atoms with Gasteiger partial charge >= 0.3 is 0 Å². The van der Waals surface area contributed by atoms with Crippen molar-refractivity contribution in [2.24, 2.45) is 5.41 Å². The van der Waals surface area contributed by atoms with Crippen molar-refractivity contribution in [3.63, 3.8) is 0 Å². The molecule has 0 fully saturated rings. The Morgan fingerprint density at radius 1 is 1.24 bits per heavy atom. The second kappa shape index (κ2) is 7.14. The van der Waals surface area contributed by atoms with Gasteiger partial charge in [-0.15, -0.1) is 0 Å². The van der Waals surface area contributed by atoms with Crippen molar-refractivity contribution in [2.75, 3.05) is 26.4 Å². The molecule has 0 saturated heterocycles. The van der Waals surface area contributed by atoms with Crippen molar-refractivity contribution in [1.29, 1.82) is 0 Å². The molecule has 1 heterocycles. The molecule has 1 aliphatic rings. The highest BCUT2D eigenvalue weighted by molar-refractivity contribution is 5.44. The lowest BCUT2D eigenvalue weighted by atomic mass is 9.89. The number of aliphatic hydroxyl groups excluding tert-OH is 1. The first-order valence-corrected chi connectivity index (χ1v) is 7.76. The minimum atomic E-state index is 0.0916. The molecule has 1 unspecified atom stereocenters. The molecule has 0 radical (unpaired) electrons. The van der Waals surface area contributed by atoms with Gasteiger partial charge in [0.1, 0.15) is 0 Å². The van der Waals surface area contributed by atoms with Crippen LogP contribution in [0.5, 0.6) is 11.5 Å². The van der Waals surface area contributed by atoms with Crippen molar-refractivity contribution in [3.05, 3.63) is 23.8 Å². The maximum atomic E-state index is 9.08. The van der Waals surface area contributed by atoms with Gasteiger partial charge in [0.05, 0.1) is 13.2 Å². The Kier molecular flexibility index (Phi) is 5.48. The van der Waals surface area contributed by atoms with E-state index in [4.69, 9.17) is 14.6 Å². The summed E-state index contributed by atoms with van der Waals surface area (Å²) >= 11 is 0. The van der Waals surface area contributed by atoms with E-state index in [2.05, 4.69) is 38.2 Å². The molecule has 21 heavy (non-hydrogen) atoms. The highest BCUT2D eigenvalue weighted by Crippen LogP contribution is 2.32. The topological polar surface area (TPSA) is 50.7 Å². The summed E-state index contributed by atoms with van der Waals surface area (Å²) in [7, 11) is 0. The lowest BCUT2D eigenvalue weighted by Crippen LogP contribution is -2.32. The SMILES string of the molecule is CC(NCC(C)(C)CCO)c1ccc2c(c1)OCCCO2. The third kappa shape index (κ3) is 4.61. The summed E-state index contributed by atoms with van der Waals surface area (Å²) in [4.78, 5) is 0. The van der Waals surface area contributed by atoms with Gasteiger partial charge < -0.3 is 19.9 Å². The van der Waals surface area contributed by atoms with E-state index in [1.807, 2.05) is 6.07 Å². The minimum absolute atomic E-state index is 0.0916. The van der Waals surface area contributed by atoms with Crippen LogP contribution in [0, 0.1) is 5.41 Å². The van der Waals surface area contributed by atoms with Gasteiger partial charge in [-0.2, -0.15) is 0 Å². The van der Waals surface area contributed by atoms with Crippen LogP contribution in [-0.2, 0) is 0 Å². The fourth-order valence-corrected chi connectivity index (χ4v) is 2.39. The van der Waals surface area contributed by atoms with Gasteiger partial charge in [-0.1, -0.05) is 19.9 Å². The van der Waals surface area contributed by atoms with Gasteiger partial charge in [-0.25, -0.2) is 0 Å². The molecule has 0 aliphatic carbocycles. The van der Waals surface area contributed by atoms with Crippen molar-refractivity contribution in [3.8, 4) is 11.5 Å². The molecule has 1 aliphatic heterocycles. The number of hydrogen-bond acceptors (Lipinski definition) is 4. The van der Waals surface area contributed by atoms with Crippen molar-refractivity contribution in [2.45, 2.75) is 39.7 Å². The first-order chi connectivity index (χ1) is 10.0. The molecule has 0 amide bonds. The Balaban J connectivity index is 1.99. The average molecular weight is 293 g/mol. The Labute approximate surface area is 127 Å².